The van der Waals surface area contributed by atoms with Gasteiger partial charge in [-0.25, -0.2) is 4.79 Å². The molecule has 2 aromatic carbocycles. The van der Waals surface area contributed by atoms with Crippen molar-refractivity contribution in [1.29, 1.82) is 0 Å². The number of esters is 1. The van der Waals surface area contributed by atoms with E-state index in [0.29, 0.717) is 23.6 Å². The topological polar surface area (TPSA) is 93.7 Å². The second-order valence-electron chi connectivity index (χ2n) is 7.36. The first-order valence-corrected chi connectivity index (χ1v) is 10.4. The Morgan fingerprint density at radius 2 is 1.58 bits per heavy atom. The molecule has 2 aromatic rings. The zero-order valence-electron chi connectivity index (χ0n) is 18.4. The van der Waals surface area contributed by atoms with Crippen molar-refractivity contribution in [2.24, 2.45) is 5.92 Å². The molecule has 2 N–H and O–H groups in total. The zero-order chi connectivity index (χ0) is 22.8. The Morgan fingerprint density at radius 1 is 0.935 bits per heavy atom. The number of hydrogen-bond donors (Lipinski definition) is 2. The van der Waals surface area contributed by atoms with Crippen LogP contribution in [0.2, 0.25) is 0 Å². The van der Waals surface area contributed by atoms with Gasteiger partial charge in [-0.05, 0) is 61.2 Å². The summed E-state index contributed by atoms with van der Waals surface area (Å²) >= 11 is 0. The number of amides is 2. The monoisotopic (exact) mass is 426 g/mol. The molecule has 7 heteroatoms. The summed E-state index contributed by atoms with van der Waals surface area (Å²) in [6, 6.07) is 13.2. The first-order valence-electron chi connectivity index (χ1n) is 10.4. The second kappa shape index (κ2) is 11.7. The average molecular weight is 427 g/mol. The Kier molecular flexibility index (Phi) is 9.06. The summed E-state index contributed by atoms with van der Waals surface area (Å²) in [5.41, 5.74) is 2.19. The standard InChI is InChI=1S/C24H30N2O5/c1-5-17-7-11-19(12-8-17)25-21(27)15-31-24(29)22(16(3)4)26-23(28)18-9-13-20(14-10-18)30-6-2/h7-14,16,22H,5-6,15H2,1-4H3,(H,25,27)(H,26,28). The van der Waals surface area contributed by atoms with E-state index in [9.17, 15) is 14.4 Å². The van der Waals surface area contributed by atoms with Gasteiger partial charge in [0.25, 0.3) is 11.8 Å². The van der Waals surface area contributed by atoms with Crippen molar-refractivity contribution in [3.05, 3.63) is 59.7 Å². The summed E-state index contributed by atoms with van der Waals surface area (Å²) in [5, 5.41) is 5.37. The highest BCUT2D eigenvalue weighted by Gasteiger charge is 2.26. The van der Waals surface area contributed by atoms with Crippen molar-refractivity contribution >= 4 is 23.5 Å². The van der Waals surface area contributed by atoms with E-state index in [2.05, 4.69) is 10.6 Å². The van der Waals surface area contributed by atoms with Crippen LogP contribution in [-0.2, 0) is 20.7 Å². The highest BCUT2D eigenvalue weighted by atomic mass is 16.5. The molecule has 2 amide bonds. The van der Waals surface area contributed by atoms with Crippen molar-refractivity contribution in [2.45, 2.75) is 40.2 Å². The SMILES string of the molecule is CCOc1ccc(C(=O)NC(C(=O)OCC(=O)Nc2ccc(CC)cc2)C(C)C)cc1. The number of rotatable bonds is 10. The van der Waals surface area contributed by atoms with E-state index >= 15 is 0 Å². The van der Waals surface area contributed by atoms with Crippen LogP contribution in [0.25, 0.3) is 0 Å². The molecule has 31 heavy (non-hydrogen) atoms. The Hall–Kier alpha value is -3.35. The molecule has 0 fully saturated rings. The van der Waals surface area contributed by atoms with Crippen LogP contribution in [-0.4, -0.2) is 37.0 Å². The van der Waals surface area contributed by atoms with E-state index < -0.39 is 30.4 Å². The molecule has 1 unspecified atom stereocenters. The molecule has 0 spiro atoms. The van der Waals surface area contributed by atoms with E-state index in [4.69, 9.17) is 9.47 Å². The van der Waals surface area contributed by atoms with Crippen LogP contribution < -0.4 is 15.4 Å². The third-order valence-electron chi connectivity index (χ3n) is 4.63. The van der Waals surface area contributed by atoms with Gasteiger partial charge >= 0.3 is 5.97 Å². The fourth-order valence-corrected chi connectivity index (χ4v) is 2.84. The summed E-state index contributed by atoms with van der Waals surface area (Å²) in [7, 11) is 0. The minimum absolute atomic E-state index is 0.219. The zero-order valence-corrected chi connectivity index (χ0v) is 18.4. The summed E-state index contributed by atoms with van der Waals surface area (Å²) in [6.45, 7) is 7.61. The molecule has 0 aliphatic rings. The second-order valence-corrected chi connectivity index (χ2v) is 7.36. The third kappa shape index (κ3) is 7.44. The highest BCUT2D eigenvalue weighted by molar-refractivity contribution is 5.97. The summed E-state index contributed by atoms with van der Waals surface area (Å²) in [6.07, 6.45) is 0.908. The predicted molar refractivity (Wildman–Crippen MR) is 119 cm³/mol. The Balaban J connectivity index is 1.90. The van der Waals surface area contributed by atoms with Gasteiger partial charge in [-0.2, -0.15) is 0 Å². The average Bonchev–Trinajstić information content (AvgIpc) is 2.76. The van der Waals surface area contributed by atoms with Crippen LogP contribution in [0.3, 0.4) is 0 Å². The summed E-state index contributed by atoms with van der Waals surface area (Å²) in [5.74, 6) is -1.07. The molecule has 166 valence electrons. The molecule has 2 rings (SSSR count). The maximum Gasteiger partial charge on any atom is 0.329 e. The van der Waals surface area contributed by atoms with Gasteiger partial charge in [-0.1, -0.05) is 32.9 Å². The van der Waals surface area contributed by atoms with Gasteiger partial charge in [0.05, 0.1) is 6.61 Å². The van der Waals surface area contributed by atoms with E-state index in [-0.39, 0.29) is 5.92 Å². The lowest BCUT2D eigenvalue weighted by molar-refractivity contribution is -0.150. The normalized spacial score (nSPS) is 11.5. The van der Waals surface area contributed by atoms with Gasteiger partial charge in [0.1, 0.15) is 11.8 Å². The number of anilines is 1. The maximum absolute atomic E-state index is 12.5. The number of carbonyl (C=O) groups is 3. The van der Waals surface area contributed by atoms with Crippen molar-refractivity contribution in [2.75, 3.05) is 18.5 Å². The Bertz CT molecular complexity index is 876. The van der Waals surface area contributed by atoms with Gasteiger partial charge in [0.2, 0.25) is 0 Å². The Labute approximate surface area is 183 Å². The number of hydrogen-bond acceptors (Lipinski definition) is 5. The Morgan fingerprint density at radius 3 is 2.13 bits per heavy atom. The lowest BCUT2D eigenvalue weighted by Gasteiger charge is -2.21. The van der Waals surface area contributed by atoms with Crippen LogP contribution in [0, 0.1) is 5.92 Å². The fraction of sp³-hybridized carbons (Fsp3) is 0.375. The first kappa shape index (κ1) is 23.9. The largest absolute Gasteiger partial charge is 0.494 e. The highest BCUT2D eigenvalue weighted by Crippen LogP contribution is 2.13. The van der Waals surface area contributed by atoms with Crippen molar-refractivity contribution in [3.63, 3.8) is 0 Å². The molecule has 0 aliphatic heterocycles. The van der Waals surface area contributed by atoms with Crippen LogP contribution >= 0.6 is 0 Å². The van der Waals surface area contributed by atoms with E-state index in [0.717, 1.165) is 12.0 Å². The molecule has 0 radical (unpaired) electrons. The van der Waals surface area contributed by atoms with Gasteiger partial charge in [-0.15, -0.1) is 0 Å². The van der Waals surface area contributed by atoms with Crippen molar-refractivity contribution in [3.8, 4) is 5.75 Å². The molecule has 0 aliphatic carbocycles. The fourth-order valence-electron chi connectivity index (χ4n) is 2.84. The number of nitrogens with one attached hydrogen (secondary N) is 2. The molecular weight excluding hydrogens is 396 g/mol. The van der Waals surface area contributed by atoms with E-state index in [1.165, 1.54) is 0 Å². The predicted octanol–water partition coefficient (Wildman–Crippen LogP) is 3.58. The summed E-state index contributed by atoms with van der Waals surface area (Å²) < 4.78 is 10.5. The van der Waals surface area contributed by atoms with Gasteiger partial charge in [0.15, 0.2) is 6.61 Å². The lowest BCUT2D eigenvalue weighted by Crippen LogP contribution is -2.45. The number of carbonyl (C=O) groups excluding carboxylic acids is 3. The molecule has 0 heterocycles. The lowest BCUT2D eigenvalue weighted by atomic mass is 10.0. The van der Waals surface area contributed by atoms with Crippen LogP contribution in [0.4, 0.5) is 5.69 Å². The third-order valence-corrected chi connectivity index (χ3v) is 4.63. The number of ether oxygens (including phenoxy) is 2. The maximum atomic E-state index is 12.5. The quantitative estimate of drug-likeness (QED) is 0.567. The molecule has 7 nitrogen and oxygen atoms in total. The van der Waals surface area contributed by atoms with Crippen LogP contribution in [0.1, 0.15) is 43.6 Å². The number of benzene rings is 2. The molecular formula is C24H30N2O5. The molecule has 0 aromatic heterocycles. The molecule has 0 saturated heterocycles. The van der Waals surface area contributed by atoms with Gasteiger partial charge in [-0.3, -0.25) is 9.59 Å². The minimum Gasteiger partial charge on any atom is -0.494 e. The minimum atomic E-state index is -0.879. The van der Waals surface area contributed by atoms with Gasteiger partial charge in [0, 0.05) is 11.3 Å². The van der Waals surface area contributed by atoms with Crippen molar-refractivity contribution in [1.82, 2.24) is 5.32 Å². The van der Waals surface area contributed by atoms with Crippen molar-refractivity contribution < 1.29 is 23.9 Å². The number of aryl methyl sites for hydroxylation is 1. The van der Waals surface area contributed by atoms with Crippen LogP contribution in [0.15, 0.2) is 48.5 Å². The van der Waals surface area contributed by atoms with E-state index in [1.807, 2.05) is 26.0 Å². The smallest absolute Gasteiger partial charge is 0.329 e. The van der Waals surface area contributed by atoms with Crippen LogP contribution in [0.5, 0.6) is 5.75 Å². The summed E-state index contributed by atoms with van der Waals surface area (Å²) in [4.78, 5) is 37.1. The molecule has 0 bridgehead atoms. The molecule has 0 saturated carbocycles. The van der Waals surface area contributed by atoms with E-state index in [1.54, 1.807) is 50.2 Å². The molecule has 1 atom stereocenters. The first-order chi connectivity index (χ1) is 14.8. The van der Waals surface area contributed by atoms with Gasteiger partial charge < -0.3 is 20.1 Å².